The maximum Gasteiger partial charge on any atom is 0.240 e. The zero-order valence-electron chi connectivity index (χ0n) is 16.6. The molecule has 1 amide bonds. The van der Waals surface area contributed by atoms with Crippen LogP contribution in [-0.4, -0.2) is 32.6 Å². The Morgan fingerprint density at radius 1 is 1.11 bits per heavy atom. The van der Waals surface area contributed by atoms with Crippen molar-refractivity contribution in [3.63, 3.8) is 0 Å². The van der Waals surface area contributed by atoms with Crippen molar-refractivity contribution in [1.29, 1.82) is 0 Å². The second kappa shape index (κ2) is 7.43. The predicted octanol–water partition coefficient (Wildman–Crippen LogP) is 3.30. The van der Waals surface area contributed by atoms with Gasteiger partial charge in [-0.15, -0.1) is 0 Å². The van der Waals surface area contributed by atoms with Crippen LogP contribution in [0.2, 0.25) is 0 Å². The van der Waals surface area contributed by atoms with Crippen molar-refractivity contribution in [2.24, 2.45) is 17.8 Å². The van der Waals surface area contributed by atoms with Gasteiger partial charge in [0.2, 0.25) is 15.9 Å². The van der Waals surface area contributed by atoms with Crippen LogP contribution in [0.1, 0.15) is 52.4 Å². The van der Waals surface area contributed by atoms with Gasteiger partial charge in [0.25, 0.3) is 0 Å². The summed E-state index contributed by atoms with van der Waals surface area (Å²) in [4.78, 5) is 11.3. The lowest BCUT2D eigenvalue weighted by atomic mass is 9.54. The molecule has 1 aromatic rings. The fourth-order valence-electron chi connectivity index (χ4n) is 5.88. The van der Waals surface area contributed by atoms with E-state index in [2.05, 4.69) is 10.0 Å². The first-order valence-corrected chi connectivity index (χ1v) is 11.8. The summed E-state index contributed by atoms with van der Waals surface area (Å²) in [5.41, 5.74) is 0.546. The summed E-state index contributed by atoms with van der Waals surface area (Å²) in [6.45, 7) is 3.63. The van der Waals surface area contributed by atoms with Crippen LogP contribution < -0.4 is 10.0 Å². The molecule has 0 aromatic heterocycles. The van der Waals surface area contributed by atoms with E-state index in [0.29, 0.717) is 5.69 Å². The van der Waals surface area contributed by atoms with E-state index in [4.69, 9.17) is 4.74 Å². The van der Waals surface area contributed by atoms with Crippen LogP contribution in [0.25, 0.3) is 0 Å². The third kappa shape index (κ3) is 4.26. The highest BCUT2D eigenvalue weighted by Gasteiger charge is 2.52. The molecular weight excluding hydrogens is 376 g/mol. The fraction of sp³-hybridized carbons (Fsp3) is 0.667. The van der Waals surface area contributed by atoms with E-state index < -0.39 is 10.0 Å². The number of anilines is 1. The van der Waals surface area contributed by atoms with E-state index in [1.54, 1.807) is 12.1 Å². The van der Waals surface area contributed by atoms with E-state index in [-0.39, 0.29) is 29.1 Å². The molecule has 0 spiro atoms. The molecular formula is C21H30N2O4S. The third-order valence-electron chi connectivity index (χ3n) is 6.48. The highest BCUT2D eigenvalue weighted by molar-refractivity contribution is 7.89. The number of benzene rings is 1. The summed E-state index contributed by atoms with van der Waals surface area (Å²) < 4.78 is 34.3. The number of amides is 1. The SMILES string of the molecule is CC(=O)Nc1ccc(S(=O)(=O)NCC(C)OC23CC4CC(CC(C4)C2)C3)cc1. The highest BCUT2D eigenvalue weighted by atomic mass is 32.2. The fourth-order valence-corrected chi connectivity index (χ4v) is 6.99. The van der Waals surface area contributed by atoms with Gasteiger partial charge in [-0.25, -0.2) is 13.1 Å². The zero-order valence-corrected chi connectivity index (χ0v) is 17.4. The van der Waals surface area contributed by atoms with Crippen molar-refractivity contribution in [1.82, 2.24) is 4.72 Å². The largest absolute Gasteiger partial charge is 0.371 e. The first kappa shape index (κ1) is 19.9. The van der Waals surface area contributed by atoms with E-state index in [1.807, 2.05) is 6.92 Å². The molecule has 4 aliphatic carbocycles. The summed E-state index contributed by atoms with van der Waals surface area (Å²) in [6.07, 6.45) is 7.33. The Balaban J connectivity index is 1.34. The van der Waals surface area contributed by atoms with Crippen molar-refractivity contribution in [2.45, 2.75) is 69.0 Å². The minimum absolute atomic E-state index is 0.0282. The number of sulfonamides is 1. The van der Waals surface area contributed by atoms with Gasteiger partial charge in [0, 0.05) is 19.2 Å². The van der Waals surface area contributed by atoms with Crippen LogP contribution in [0.3, 0.4) is 0 Å². The monoisotopic (exact) mass is 406 g/mol. The highest BCUT2D eigenvalue weighted by Crippen LogP contribution is 2.57. The van der Waals surface area contributed by atoms with Crippen LogP contribution in [-0.2, 0) is 19.6 Å². The molecule has 0 saturated heterocycles. The molecule has 4 saturated carbocycles. The molecule has 0 aliphatic heterocycles. The van der Waals surface area contributed by atoms with Crippen LogP contribution in [0.15, 0.2) is 29.2 Å². The lowest BCUT2D eigenvalue weighted by Crippen LogP contribution is -2.53. The average molecular weight is 407 g/mol. The van der Waals surface area contributed by atoms with Gasteiger partial charge in [-0.3, -0.25) is 4.79 Å². The average Bonchev–Trinajstić information content (AvgIpc) is 2.58. The molecule has 0 heterocycles. The molecule has 4 aliphatic rings. The maximum absolute atomic E-state index is 12.6. The Morgan fingerprint density at radius 3 is 2.14 bits per heavy atom. The minimum Gasteiger partial charge on any atom is -0.371 e. The van der Waals surface area contributed by atoms with Crippen LogP contribution >= 0.6 is 0 Å². The van der Waals surface area contributed by atoms with Gasteiger partial charge in [-0.1, -0.05) is 0 Å². The smallest absolute Gasteiger partial charge is 0.240 e. The number of hydrogen-bond acceptors (Lipinski definition) is 4. The molecule has 5 rings (SSSR count). The van der Waals surface area contributed by atoms with Crippen molar-refractivity contribution >= 4 is 21.6 Å². The topological polar surface area (TPSA) is 84.5 Å². The second-order valence-electron chi connectivity index (χ2n) is 9.09. The van der Waals surface area contributed by atoms with Gasteiger partial charge in [0.05, 0.1) is 16.6 Å². The first-order valence-electron chi connectivity index (χ1n) is 10.3. The Labute approximate surface area is 167 Å². The second-order valence-corrected chi connectivity index (χ2v) is 10.9. The Kier molecular flexibility index (Phi) is 5.27. The van der Waals surface area contributed by atoms with Gasteiger partial charge in [-0.2, -0.15) is 0 Å². The molecule has 7 heteroatoms. The summed E-state index contributed by atoms with van der Waals surface area (Å²) in [5.74, 6) is 2.22. The predicted molar refractivity (Wildman–Crippen MR) is 107 cm³/mol. The molecule has 6 nitrogen and oxygen atoms in total. The number of rotatable bonds is 7. The molecule has 154 valence electrons. The van der Waals surface area contributed by atoms with Crippen molar-refractivity contribution in [3.8, 4) is 0 Å². The van der Waals surface area contributed by atoms with Gasteiger partial charge in [0.1, 0.15) is 0 Å². The molecule has 4 bridgehead atoms. The van der Waals surface area contributed by atoms with Crippen molar-refractivity contribution in [2.75, 3.05) is 11.9 Å². The normalized spacial score (nSPS) is 32.3. The number of hydrogen-bond donors (Lipinski definition) is 2. The molecule has 2 N–H and O–H groups in total. The van der Waals surface area contributed by atoms with E-state index in [1.165, 1.54) is 38.3 Å². The van der Waals surface area contributed by atoms with E-state index in [0.717, 1.165) is 37.0 Å². The third-order valence-corrected chi connectivity index (χ3v) is 7.92. The molecule has 1 atom stereocenters. The van der Waals surface area contributed by atoms with Crippen molar-refractivity contribution in [3.05, 3.63) is 24.3 Å². The molecule has 1 aromatic carbocycles. The lowest BCUT2D eigenvalue weighted by molar-refractivity contribution is -0.182. The standard InChI is InChI=1S/C21H30N2O4S/c1-14(27-21-10-16-7-17(11-21)9-18(8-16)12-21)13-22-28(25,26)20-5-3-19(4-6-20)23-15(2)24/h3-6,14,16-18,22H,7-13H2,1-2H3,(H,23,24). The van der Waals surface area contributed by atoms with Gasteiger partial charge < -0.3 is 10.1 Å². The number of ether oxygens (including phenoxy) is 1. The van der Waals surface area contributed by atoms with Gasteiger partial charge in [-0.05, 0) is 87.5 Å². The maximum atomic E-state index is 12.6. The molecule has 0 radical (unpaired) electrons. The van der Waals surface area contributed by atoms with Crippen LogP contribution in [0.5, 0.6) is 0 Å². The Hall–Kier alpha value is -1.44. The Bertz CT molecular complexity index is 799. The summed E-state index contributed by atoms with van der Waals surface area (Å²) >= 11 is 0. The van der Waals surface area contributed by atoms with Crippen LogP contribution in [0, 0.1) is 17.8 Å². The van der Waals surface area contributed by atoms with Gasteiger partial charge in [0.15, 0.2) is 0 Å². The van der Waals surface area contributed by atoms with Crippen molar-refractivity contribution < 1.29 is 17.9 Å². The van der Waals surface area contributed by atoms with Crippen LogP contribution in [0.4, 0.5) is 5.69 Å². The molecule has 4 fully saturated rings. The summed E-state index contributed by atoms with van der Waals surface area (Å²) in [6, 6.07) is 6.17. The number of carbonyl (C=O) groups is 1. The van der Waals surface area contributed by atoms with Gasteiger partial charge >= 0.3 is 0 Å². The summed E-state index contributed by atoms with van der Waals surface area (Å²) in [5, 5.41) is 2.63. The molecule has 1 unspecified atom stereocenters. The minimum atomic E-state index is -3.61. The lowest BCUT2D eigenvalue weighted by Gasteiger charge is -2.57. The quantitative estimate of drug-likeness (QED) is 0.728. The van der Waals surface area contributed by atoms with E-state index in [9.17, 15) is 13.2 Å². The first-order chi connectivity index (χ1) is 13.2. The number of nitrogens with one attached hydrogen (secondary N) is 2. The zero-order chi connectivity index (χ0) is 19.9. The summed E-state index contributed by atoms with van der Waals surface area (Å²) in [7, 11) is -3.61. The van der Waals surface area contributed by atoms with E-state index >= 15 is 0 Å². The number of carbonyl (C=O) groups excluding carboxylic acids is 1. The Morgan fingerprint density at radius 2 is 1.64 bits per heavy atom. The molecule has 28 heavy (non-hydrogen) atoms.